The monoisotopic (exact) mass is 553 g/mol. The first-order valence-corrected chi connectivity index (χ1v) is 11.6. The molecule has 1 aliphatic rings. The van der Waals surface area contributed by atoms with Gasteiger partial charge >= 0.3 is 12.3 Å². The van der Waals surface area contributed by atoms with Crippen molar-refractivity contribution in [3.63, 3.8) is 0 Å². The molecule has 7 nitrogen and oxygen atoms in total. The number of benzene rings is 1. The molecule has 1 aromatic heterocycles. The van der Waals surface area contributed by atoms with E-state index < -0.39 is 53.1 Å². The molecule has 39 heavy (non-hydrogen) atoms. The Morgan fingerprint density at radius 1 is 1.26 bits per heavy atom. The minimum Gasteiger partial charge on any atom is -0.449 e. The number of aliphatic imine (C=N–C) groups is 1. The first kappa shape index (κ1) is 29.5. The molecule has 0 amide bonds. The van der Waals surface area contributed by atoms with Crippen LogP contribution in [-0.4, -0.2) is 27.9 Å². The van der Waals surface area contributed by atoms with Gasteiger partial charge in [0, 0.05) is 16.8 Å². The SMILES string of the molecule is CC(C)=CC1=NC(C)C(Cn2cnc(C(F)(F)C(F)F)c(Oc3cc(C(F)F)cc(C#N)c3C)c2=O)=C(C)N1. The summed E-state index contributed by atoms with van der Waals surface area (Å²) < 4.78 is 88.5. The summed E-state index contributed by atoms with van der Waals surface area (Å²) >= 11 is 0. The van der Waals surface area contributed by atoms with Gasteiger partial charge in [0.15, 0.2) is 5.69 Å². The van der Waals surface area contributed by atoms with Gasteiger partial charge in [0.25, 0.3) is 12.0 Å². The smallest absolute Gasteiger partial charge is 0.352 e. The summed E-state index contributed by atoms with van der Waals surface area (Å²) in [7, 11) is 0. The summed E-state index contributed by atoms with van der Waals surface area (Å²) in [6.45, 7) is 8.28. The number of aromatic nitrogens is 2. The molecule has 0 saturated carbocycles. The summed E-state index contributed by atoms with van der Waals surface area (Å²) in [6, 6.07) is 2.86. The molecule has 208 valence electrons. The largest absolute Gasteiger partial charge is 0.449 e. The van der Waals surface area contributed by atoms with E-state index in [2.05, 4.69) is 15.3 Å². The van der Waals surface area contributed by atoms with Crippen molar-refractivity contribution in [1.82, 2.24) is 14.9 Å². The number of nitriles is 1. The van der Waals surface area contributed by atoms with Gasteiger partial charge in [0.05, 0.1) is 30.5 Å². The minimum atomic E-state index is -4.90. The van der Waals surface area contributed by atoms with Crippen molar-refractivity contribution in [2.45, 2.75) is 66.0 Å². The molecule has 2 aromatic rings. The van der Waals surface area contributed by atoms with Crippen LogP contribution in [0.5, 0.6) is 11.5 Å². The van der Waals surface area contributed by atoms with Crippen molar-refractivity contribution in [2.75, 3.05) is 0 Å². The van der Waals surface area contributed by atoms with E-state index in [-0.39, 0.29) is 17.7 Å². The van der Waals surface area contributed by atoms with Gasteiger partial charge in [0.2, 0.25) is 5.75 Å². The lowest BCUT2D eigenvalue weighted by molar-refractivity contribution is -0.139. The molecule has 1 aromatic carbocycles. The van der Waals surface area contributed by atoms with E-state index in [1.165, 1.54) is 6.92 Å². The molecule has 0 radical (unpaired) electrons. The maximum absolute atomic E-state index is 14.5. The highest BCUT2D eigenvalue weighted by atomic mass is 19.3. The van der Waals surface area contributed by atoms with Crippen LogP contribution in [0.2, 0.25) is 0 Å². The normalized spacial score (nSPS) is 15.7. The minimum absolute atomic E-state index is 0.0622. The molecule has 0 spiro atoms. The quantitative estimate of drug-likeness (QED) is 0.397. The van der Waals surface area contributed by atoms with Crippen molar-refractivity contribution in [3.05, 3.63) is 74.1 Å². The topological polar surface area (TPSA) is 92.3 Å². The first-order chi connectivity index (χ1) is 18.2. The number of nitrogens with one attached hydrogen (secondary N) is 1. The Bertz CT molecular complexity index is 1470. The second-order valence-electron chi connectivity index (χ2n) is 9.17. The first-order valence-electron chi connectivity index (χ1n) is 11.6. The van der Waals surface area contributed by atoms with Gasteiger partial charge in [-0.25, -0.2) is 22.5 Å². The molecule has 0 fully saturated rings. The Hall–Kier alpha value is -4.08. The zero-order valence-electron chi connectivity index (χ0n) is 21.6. The fourth-order valence-corrected chi connectivity index (χ4v) is 3.87. The second-order valence-corrected chi connectivity index (χ2v) is 9.17. The number of hydrogen-bond donors (Lipinski definition) is 1. The molecule has 2 heterocycles. The lowest BCUT2D eigenvalue weighted by atomic mass is 10.0. The lowest BCUT2D eigenvalue weighted by Gasteiger charge is -2.25. The highest BCUT2D eigenvalue weighted by molar-refractivity contribution is 5.95. The van der Waals surface area contributed by atoms with Gasteiger partial charge in [-0.1, -0.05) is 5.57 Å². The standard InChI is InChI=1S/C26H25F6N5O2/c1-12(2)6-20-35-14(4)18(15(5)36-20)10-37-11-34-22(26(31,32)25(29)30)21(24(37)38)39-19-8-16(23(27)28)7-17(9-33)13(19)3/h6-8,11,14,23,25H,10H2,1-5H3,(H,35,36). The van der Waals surface area contributed by atoms with E-state index in [0.717, 1.165) is 22.3 Å². The van der Waals surface area contributed by atoms with E-state index in [9.17, 15) is 36.4 Å². The van der Waals surface area contributed by atoms with Crippen LogP contribution in [0.4, 0.5) is 26.3 Å². The second kappa shape index (κ2) is 11.3. The molecule has 13 heteroatoms. The molecule has 1 atom stereocenters. The molecular weight excluding hydrogens is 528 g/mol. The van der Waals surface area contributed by atoms with Gasteiger partial charge in [-0.3, -0.25) is 14.4 Å². The van der Waals surface area contributed by atoms with Crippen molar-refractivity contribution in [2.24, 2.45) is 4.99 Å². The molecule has 0 bridgehead atoms. The summed E-state index contributed by atoms with van der Waals surface area (Å²) in [5.41, 5.74) is -1.77. The maximum Gasteiger partial charge on any atom is 0.352 e. The lowest BCUT2D eigenvalue weighted by Crippen LogP contribution is -2.35. The number of alkyl halides is 6. The summed E-state index contributed by atoms with van der Waals surface area (Å²) in [6.07, 6.45) is -4.82. The highest BCUT2D eigenvalue weighted by Gasteiger charge is 2.48. The maximum atomic E-state index is 14.5. The molecule has 0 aliphatic carbocycles. The number of allylic oxidation sites excluding steroid dienone is 2. The van der Waals surface area contributed by atoms with Gasteiger partial charge in [0.1, 0.15) is 11.6 Å². The average Bonchev–Trinajstić information content (AvgIpc) is 2.83. The predicted octanol–water partition coefficient (Wildman–Crippen LogP) is 6.14. The fourth-order valence-electron chi connectivity index (χ4n) is 3.87. The zero-order valence-corrected chi connectivity index (χ0v) is 21.6. The third-order valence-corrected chi connectivity index (χ3v) is 5.95. The van der Waals surface area contributed by atoms with Gasteiger partial charge < -0.3 is 10.1 Å². The third-order valence-electron chi connectivity index (χ3n) is 5.95. The number of nitrogens with zero attached hydrogens (tertiary/aromatic N) is 4. The Morgan fingerprint density at radius 2 is 1.92 bits per heavy atom. The van der Waals surface area contributed by atoms with Gasteiger partial charge in [-0.15, -0.1) is 0 Å². The molecule has 0 saturated heterocycles. The molecule has 1 N–H and O–H groups in total. The van der Waals surface area contributed by atoms with Crippen molar-refractivity contribution < 1.29 is 31.1 Å². The highest BCUT2D eigenvalue weighted by Crippen LogP contribution is 2.40. The predicted molar refractivity (Wildman–Crippen MR) is 131 cm³/mol. The Balaban J connectivity index is 2.16. The number of rotatable bonds is 8. The summed E-state index contributed by atoms with van der Waals surface area (Å²) in [4.78, 5) is 21.3. The summed E-state index contributed by atoms with van der Waals surface area (Å²) in [5, 5.41) is 12.4. The van der Waals surface area contributed by atoms with E-state index in [4.69, 9.17) is 4.74 Å². The van der Waals surface area contributed by atoms with Crippen LogP contribution in [0.25, 0.3) is 0 Å². The van der Waals surface area contributed by atoms with E-state index in [0.29, 0.717) is 23.4 Å². The average molecular weight is 554 g/mol. The van der Waals surface area contributed by atoms with Crippen molar-refractivity contribution >= 4 is 5.84 Å². The van der Waals surface area contributed by atoms with Crippen LogP contribution in [0.3, 0.4) is 0 Å². The third kappa shape index (κ3) is 6.16. The van der Waals surface area contributed by atoms with Gasteiger partial charge in [-0.05, 0) is 58.4 Å². The van der Waals surface area contributed by atoms with Crippen molar-refractivity contribution in [3.8, 4) is 17.6 Å². The van der Waals surface area contributed by atoms with Crippen molar-refractivity contribution in [1.29, 1.82) is 5.26 Å². The molecule has 3 rings (SSSR count). The Morgan fingerprint density at radius 3 is 2.46 bits per heavy atom. The van der Waals surface area contributed by atoms with Gasteiger partial charge in [-0.2, -0.15) is 14.0 Å². The Kier molecular flexibility index (Phi) is 8.58. The molecule has 1 unspecified atom stereocenters. The van der Waals surface area contributed by atoms with E-state index >= 15 is 0 Å². The van der Waals surface area contributed by atoms with E-state index in [1.54, 1.807) is 19.9 Å². The molecule has 1 aliphatic heterocycles. The van der Waals surface area contributed by atoms with Crippen LogP contribution in [-0.2, 0) is 12.5 Å². The number of halogens is 6. The number of hydrogen-bond acceptors (Lipinski definition) is 6. The van der Waals surface area contributed by atoms with Crippen LogP contribution in [0.1, 0.15) is 56.5 Å². The van der Waals surface area contributed by atoms with Crippen LogP contribution in [0, 0.1) is 18.3 Å². The fraction of sp³-hybridized carbons (Fsp3) is 0.385. The number of amidine groups is 1. The zero-order chi connectivity index (χ0) is 29.2. The van der Waals surface area contributed by atoms with Crippen LogP contribution >= 0.6 is 0 Å². The number of ether oxygens (including phenoxy) is 1. The summed E-state index contributed by atoms with van der Waals surface area (Å²) in [5.74, 6) is -6.15. The van der Waals surface area contributed by atoms with Crippen LogP contribution < -0.4 is 15.6 Å². The van der Waals surface area contributed by atoms with E-state index in [1.807, 2.05) is 19.9 Å². The Labute approximate surface area is 220 Å². The van der Waals surface area contributed by atoms with Crippen LogP contribution in [0.15, 0.2) is 51.2 Å². The molecular formula is C26H25F6N5O2.